The van der Waals surface area contributed by atoms with Crippen molar-refractivity contribution in [2.24, 2.45) is 0 Å². The Bertz CT molecular complexity index is 1420. The molecule has 0 spiro atoms. The van der Waals surface area contributed by atoms with Crippen molar-refractivity contribution < 1.29 is 31.5 Å². The average molecular weight is 582 g/mol. The lowest BCUT2D eigenvalue weighted by atomic mass is 10.1. The number of pyridine rings is 1. The van der Waals surface area contributed by atoms with Crippen LogP contribution in [0.25, 0.3) is 0 Å². The maximum absolute atomic E-state index is 13.7. The molecule has 0 fully saturated rings. The van der Waals surface area contributed by atoms with E-state index in [-0.39, 0.29) is 43.1 Å². The second-order valence-corrected chi connectivity index (χ2v) is 10.6. The molecule has 3 rings (SSSR count). The van der Waals surface area contributed by atoms with Crippen LogP contribution >= 0.6 is 0 Å². The summed E-state index contributed by atoms with van der Waals surface area (Å²) in [5, 5.41) is 14.7. The van der Waals surface area contributed by atoms with Gasteiger partial charge in [-0.3, -0.25) is 9.52 Å². The number of sulfonamides is 1. The van der Waals surface area contributed by atoms with Crippen LogP contribution in [0.4, 0.5) is 36.4 Å². The Hall–Kier alpha value is -3.98. The van der Waals surface area contributed by atoms with Crippen molar-refractivity contribution in [3.8, 4) is 0 Å². The highest BCUT2D eigenvalue weighted by Crippen LogP contribution is 2.34. The number of carbonyl (C=O) groups is 1. The van der Waals surface area contributed by atoms with Gasteiger partial charge in [-0.25, -0.2) is 18.4 Å². The molecule has 0 bridgehead atoms. The summed E-state index contributed by atoms with van der Waals surface area (Å²) in [5.74, 6) is -1.24. The van der Waals surface area contributed by atoms with Crippen LogP contribution in [0.2, 0.25) is 0 Å². The van der Waals surface area contributed by atoms with E-state index in [4.69, 9.17) is 0 Å². The van der Waals surface area contributed by atoms with Crippen LogP contribution < -0.4 is 15.4 Å². The van der Waals surface area contributed by atoms with E-state index in [1.165, 1.54) is 36.2 Å². The number of nitrogens with one attached hydrogen (secondary N) is 3. The molecule has 0 aliphatic rings. The van der Waals surface area contributed by atoms with Gasteiger partial charge in [0, 0.05) is 48.8 Å². The summed E-state index contributed by atoms with van der Waals surface area (Å²) in [6.07, 6.45) is -2.09. The van der Waals surface area contributed by atoms with Crippen molar-refractivity contribution in [2.45, 2.75) is 33.0 Å². The number of alkyl halides is 3. The molecule has 15 heteroatoms. The summed E-state index contributed by atoms with van der Waals surface area (Å²) >= 11 is 0. The molecule has 1 aromatic carbocycles. The number of aliphatic hydroxyl groups is 1. The molecule has 11 nitrogen and oxygen atoms in total. The second-order valence-electron chi connectivity index (χ2n) is 8.55. The van der Waals surface area contributed by atoms with E-state index in [1.54, 1.807) is 18.2 Å². The predicted octanol–water partition coefficient (Wildman–Crippen LogP) is 3.85. The number of hydrogen-bond donors (Lipinski definition) is 4. The average Bonchev–Trinajstić information content (AvgIpc) is 2.91. The van der Waals surface area contributed by atoms with Crippen molar-refractivity contribution in [3.63, 3.8) is 0 Å². The van der Waals surface area contributed by atoms with Crippen LogP contribution in [-0.2, 0) is 22.7 Å². The van der Waals surface area contributed by atoms with Gasteiger partial charge in [-0.2, -0.15) is 18.2 Å². The smallest absolute Gasteiger partial charge is 0.395 e. The minimum absolute atomic E-state index is 0.0161. The van der Waals surface area contributed by atoms with Crippen LogP contribution in [0, 0.1) is 0 Å². The number of hydrogen-bond acceptors (Lipinski definition) is 9. The first kappa shape index (κ1) is 30.6. The van der Waals surface area contributed by atoms with E-state index in [2.05, 4.69) is 30.3 Å². The summed E-state index contributed by atoms with van der Waals surface area (Å²) in [7, 11) is -3.67. The Morgan fingerprint density at radius 3 is 2.52 bits per heavy atom. The van der Waals surface area contributed by atoms with Crippen LogP contribution in [0.15, 0.2) is 48.8 Å². The lowest BCUT2D eigenvalue weighted by Crippen LogP contribution is -2.34. The molecule has 0 aliphatic heterocycles. The molecule has 3 aromatic rings. The lowest BCUT2D eigenvalue weighted by molar-refractivity contribution is -0.137. The number of carbonyl (C=O) groups excluding carboxylic acids is 1. The third-order valence-corrected chi connectivity index (χ3v) is 6.84. The first-order valence-corrected chi connectivity index (χ1v) is 14.0. The number of nitrogens with zero attached hydrogens (tertiary/aromatic N) is 4. The van der Waals surface area contributed by atoms with Gasteiger partial charge in [0.25, 0.3) is 5.91 Å². The second kappa shape index (κ2) is 13.4. The van der Waals surface area contributed by atoms with Gasteiger partial charge in [-0.15, -0.1) is 0 Å². The van der Waals surface area contributed by atoms with E-state index in [1.807, 2.05) is 6.92 Å². The van der Waals surface area contributed by atoms with Gasteiger partial charge < -0.3 is 20.6 Å². The van der Waals surface area contributed by atoms with E-state index in [0.29, 0.717) is 36.0 Å². The molecule has 2 aromatic heterocycles. The Morgan fingerprint density at radius 2 is 1.85 bits per heavy atom. The van der Waals surface area contributed by atoms with Gasteiger partial charge in [0.2, 0.25) is 16.0 Å². The molecule has 216 valence electrons. The Balaban J connectivity index is 1.86. The van der Waals surface area contributed by atoms with Gasteiger partial charge in [0.05, 0.1) is 12.4 Å². The molecule has 0 aliphatic carbocycles. The number of halogens is 3. The molecule has 0 saturated heterocycles. The zero-order chi connectivity index (χ0) is 29.3. The Kier molecular flexibility index (Phi) is 10.2. The maximum Gasteiger partial charge on any atom is 0.421 e. The summed E-state index contributed by atoms with van der Waals surface area (Å²) in [4.78, 5) is 26.1. The summed E-state index contributed by atoms with van der Waals surface area (Å²) in [6.45, 7) is 3.55. The van der Waals surface area contributed by atoms with Gasteiger partial charge in [0.1, 0.15) is 17.2 Å². The zero-order valence-electron chi connectivity index (χ0n) is 21.9. The molecule has 2 heterocycles. The molecular formula is C25H30F3N7O4S. The molecule has 0 unspecified atom stereocenters. The predicted molar refractivity (Wildman–Crippen MR) is 145 cm³/mol. The summed E-state index contributed by atoms with van der Waals surface area (Å²) < 4.78 is 67.4. The van der Waals surface area contributed by atoms with Gasteiger partial charge in [0.15, 0.2) is 0 Å². The third kappa shape index (κ3) is 8.26. The van der Waals surface area contributed by atoms with Crippen molar-refractivity contribution >= 4 is 39.2 Å². The first-order valence-electron chi connectivity index (χ1n) is 12.4. The minimum Gasteiger partial charge on any atom is -0.395 e. The lowest BCUT2D eigenvalue weighted by Gasteiger charge is -2.21. The number of rotatable bonds is 13. The van der Waals surface area contributed by atoms with E-state index >= 15 is 0 Å². The number of benzene rings is 1. The SMILES string of the molecule is CCCN(CCO)C(=O)c1cccc(Nc2ncc(C(F)(F)F)c(NCc3cccnc3NS(=O)(=O)CC)n2)c1. The van der Waals surface area contributed by atoms with Crippen molar-refractivity contribution in [3.05, 3.63) is 65.5 Å². The van der Waals surface area contributed by atoms with Crippen LogP contribution in [0.1, 0.15) is 41.8 Å². The fourth-order valence-electron chi connectivity index (χ4n) is 3.60. The van der Waals surface area contributed by atoms with E-state index < -0.39 is 27.6 Å². The fraction of sp³-hybridized carbons (Fsp3) is 0.360. The summed E-state index contributed by atoms with van der Waals surface area (Å²) in [6, 6.07) is 9.34. The number of amides is 1. The quantitative estimate of drug-likeness (QED) is 0.236. The third-order valence-electron chi connectivity index (χ3n) is 5.58. The van der Waals surface area contributed by atoms with E-state index in [9.17, 15) is 31.5 Å². The zero-order valence-corrected chi connectivity index (χ0v) is 22.7. The minimum atomic E-state index is -4.77. The molecular weight excluding hydrogens is 551 g/mol. The molecule has 4 N–H and O–H groups in total. The van der Waals surface area contributed by atoms with Gasteiger partial charge >= 0.3 is 6.18 Å². The molecule has 0 atom stereocenters. The fourth-order valence-corrected chi connectivity index (χ4v) is 4.23. The standard InChI is InChI=1S/C25H30F3N7O4S/c1-3-11-35(12-13-36)23(37)17-7-5-9-19(14-17)32-24-31-16-20(25(26,27)28)22(33-24)30-15-18-8-6-10-29-21(18)34-40(38,39)4-2/h5-10,14,16,36H,3-4,11-13,15H2,1-2H3,(H,29,34)(H2,30,31,32,33). The monoisotopic (exact) mass is 581 g/mol. The maximum atomic E-state index is 13.7. The first-order chi connectivity index (χ1) is 19.0. The van der Waals surface area contributed by atoms with Crippen LogP contribution in [-0.4, -0.2) is 64.7 Å². The topological polar surface area (TPSA) is 149 Å². The highest BCUT2D eigenvalue weighted by atomic mass is 32.2. The highest BCUT2D eigenvalue weighted by Gasteiger charge is 2.35. The summed E-state index contributed by atoms with van der Waals surface area (Å²) in [5.41, 5.74) is -0.149. The Morgan fingerprint density at radius 1 is 1.07 bits per heavy atom. The molecule has 0 radical (unpaired) electrons. The van der Waals surface area contributed by atoms with Crippen LogP contribution in [0.5, 0.6) is 0 Å². The largest absolute Gasteiger partial charge is 0.421 e. The van der Waals surface area contributed by atoms with Gasteiger partial charge in [-0.05, 0) is 37.6 Å². The molecule has 40 heavy (non-hydrogen) atoms. The molecule has 1 amide bonds. The number of anilines is 4. The normalized spacial score (nSPS) is 11.7. The van der Waals surface area contributed by atoms with E-state index in [0.717, 1.165) is 0 Å². The van der Waals surface area contributed by atoms with Gasteiger partial charge in [-0.1, -0.05) is 19.1 Å². The number of aliphatic hydroxyl groups excluding tert-OH is 1. The highest BCUT2D eigenvalue weighted by molar-refractivity contribution is 7.92. The van der Waals surface area contributed by atoms with Crippen molar-refractivity contribution in [2.75, 3.05) is 40.8 Å². The van der Waals surface area contributed by atoms with Crippen molar-refractivity contribution in [1.29, 1.82) is 0 Å². The van der Waals surface area contributed by atoms with Crippen LogP contribution in [0.3, 0.4) is 0 Å². The Labute approximate surface area is 229 Å². The molecule has 0 saturated carbocycles. The number of aromatic nitrogens is 3. The van der Waals surface area contributed by atoms with Crippen molar-refractivity contribution in [1.82, 2.24) is 19.9 Å².